The van der Waals surface area contributed by atoms with Gasteiger partial charge >= 0.3 is 0 Å². The van der Waals surface area contributed by atoms with E-state index in [1.165, 1.54) is 0 Å². The van der Waals surface area contributed by atoms with Crippen molar-refractivity contribution in [2.24, 2.45) is 5.92 Å². The van der Waals surface area contributed by atoms with Crippen LogP contribution in [0.4, 0.5) is 4.39 Å². The Labute approximate surface area is 73.7 Å². The van der Waals surface area contributed by atoms with Gasteiger partial charge in [-0.25, -0.2) is 0 Å². The number of nitrogens with zero attached hydrogens (tertiary/aromatic N) is 1. The van der Waals surface area contributed by atoms with E-state index in [2.05, 4.69) is 18.7 Å². The lowest BCUT2D eigenvalue weighted by Gasteiger charge is -2.25. The van der Waals surface area contributed by atoms with Crippen molar-refractivity contribution in [1.29, 1.82) is 0 Å². The summed E-state index contributed by atoms with van der Waals surface area (Å²) in [6, 6.07) is 0.501. The van der Waals surface area contributed by atoms with Crippen molar-refractivity contribution in [3.05, 3.63) is 0 Å². The molecule has 0 unspecified atom stereocenters. The van der Waals surface area contributed by atoms with E-state index in [9.17, 15) is 4.39 Å². The maximum atomic E-state index is 12.4. The van der Waals surface area contributed by atoms with Gasteiger partial charge in [0.2, 0.25) is 0 Å². The zero-order valence-electron chi connectivity index (χ0n) is 7.92. The molecule has 1 atom stereocenters. The largest absolute Gasteiger partial charge is 0.380 e. The number of rotatable bonds is 2. The molecule has 1 rings (SSSR count). The van der Waals surface area contributed by atoms with Crippen LogP contribution < -0.4 is 0 Å². The molecule has 1 saturated heterocycles. The van der Waals surface area contributed by atoms with Gasteiger partial charge in [0.1, 0.15) is 0 Å². The molecule has 0 aliphatic carbocycles. The summed E-state index contributed by atoms with van der Waals surface area (Å²) in [5.41, 5.74) is 0. The average molecular weight is 175 g/mol. The molecule has 1 fully saturated rings. The standard InChI is InChI=1S/C9H18FNO/c1-8(2)11-3-4-12-7-9(5-10)6-11/h8-9H,3-7H2,1-2H3/t9-/m1/s1. The molecule has 2 nitrogen and oxygen atoms in total. The van der Waals surface area contributed by atoms with E-state index < -0.39 is 0 Å². The molecule has 0 aromatic heterocycles. The van der Waals surface area contributed by atoms with Gasteiger partial charge in [-0.1, -0.05) is 0 Å². The highest BCUT2D eigenvalue weighted by Crippen LogP contribution is 2.10. The van der Waals surface area contributed by atoms with Crippen molar-refractivity contribution in [3.8, 4) is 0 Å². The Bertz CT molecular complexity index is 130. The normalized spacial score (nSPS) is 27.5. The fraction of sp³-hybridized carbons (Fsp3) is 1.00. The zero-order chi connectivity index (χ0) is 8.97. The highest BCUT2D eigenvalue weighted by molar-refractivity contribution is 4.71. The molecule has 1 aliphatic rings. The van der Waals surface area contributed by atoms with E-state index >= 15 is 0 Å². The fourth-order valence-corrected chi connectivity index (χ4v) is 1.47. The van der Waals surface area contributed by atoms with Gasteiger partial charge < -0.3 is 4.74 Å². The minimum absolute atomic E-state index is 0.0786. The first kappa shape index (κ1) is 9.93. The first-order valence-corrected chi connectivity index (χ1v) is 4.61. The summed E-state index contributed by atoms with van der Waals surface area (Å²) in [4.78, 5) is 2.28. The van der Waals surface area contributed by atoms with Crippen LogP contribution in [-0.4, -0.2) is 43.9 Å². The molecule has 12 heavy (non-hydrogen) atoms. The summed E-state index contributed by atoms with van der Waals surface area (Å²) in [7, 11) is 0. The summed E-state index contributed by atoms with van der Waals surface area (Å²) in [6.45, 7) is 7.13. The van der Waals surface area contributed by atoms with E-state index in [0.29, 0.717) is 12.6 Å². The summed E-state index contributed by atoms with van der Waals surface area (Å²) >= 11 is 0. The van der Waals surface area contributed by atoms with Crippen molar-refractivity contribution >= 4 is 0 Å². The summed E-state index contributed by atoms with van der Waals surface area (Å²) in [6.07, 6.45) is 0. The van der Waals surface area contributed by atoms with Gasteiger partial charge in [-0.2, -0.15) is 0 Å². The molecule has 0 N–H and O–H groups in total. The van der Waals surface area contributed by atoms with Crippen molar-refractivity contribution in [1.82, 2.24) is 4.90 Å². The van der Waals surface area contributed by atoms with Crippen LogP contribution in [0.5, 0.6) is 0 Å². The van der Waals surface area contributed by atoms with E-state index in [4.69, 9.17) is 4.74 Å². The Hall–Kier alpha value is -0.150. The molecule has 3 heteroatoms. The topological polar surface area (TPSA) is 12.5 Å². The molecule has 0 aromatic rings. The van der Waals surface area contributed by atoms with Crippen LogP contribution in [-0.2, 0) is 4.74 Å². The molecule has 1 heterocycles. The number of ether oxygens (including phenoxy) is 1. The highest BCUT2D eigenvalue weighted by Gasteiger charge is 2.19. The zero-order valence-corrected chi connectivity index (χ0v) is 7.92. The van der Waals surface area contributed by atoms with Gasteiger partial charge in [-0.05, 0) is 13.8 Å². The SMILES string of the molecule is CC(C)N1CCOC[C@H](CF)C1. The number of halogens is 1. The second-order valence-corrected chi connectivity index (χ2v) is 3.68. The van der Waals surface area contributed by atoms with E-state index in [1.807, 2.05) is 0 Å². The number of alkyl halides is 1. The first-order valence-electron chi connectivity index (χ1n) is 4.61. The van der Waals surface area contributed by atoms with Crippen LogP contribution >= 0.6 is 0 Å². The maximum absolute atomic E-state index is 12.4. The molecule has 1 aliphatic heterocycles. The third kappa shape index (κ3) is 2.72. The molecular formula is C9H18FNO. The minimum Gasteiger partial charge on any atom is -0.380 e. The van der Waals surface area contributed by atoms with Crippen LogP contribution in [0.3, 0.4) is 0 Å². The second-order valence-electron chi connectivity index (χ2n) is 3.68. The molecule has 0 radical (unpaired) electrons. The monoisotopic (exact) mass is 175 g/mol. The van der Waals surface area contributed by atoms with Crippen molar-refractivity contribution < 1.29 is 9.13 Å². The smallest absolute Gasteiger partial charge is 0.0956 e. The lowest BCUT2D eigenvalue weighted by atomic mass is 10.1. The van der Waals surface area contributed by atoms with E-state index in [0.717, 1.165) is 19.7 Å². The van der Waals surface area contributed by atoms with Crippen LogP contribution in [0.1, 0.15) is 13.8 Å². The van der Waals surface area contributed by atoms with Gasteiger partial charge in [-0.3, -0.25) is 9.29 Å². The van der Waals surface area contributed by atoms with Crippen LogP contribution in [0, 0.1) is 5.92 Å². The van der Waals surface area contributed by atoms with E-state index in [-0.39, 0.29) is 12.6 Å². The lowest BCUT2D eigenvalue weighted by molar-refractivity contribution is 0.113. The Balaban J connectivity index is 2.42. The summed E-state index contributed by atoms with van der Waals surface area (Å²) in [5, 5.41) is 0. The van der Waals surface area contributed by atoms with Gasteiger partial charge in [0.25, 0.3) is 0 Å². The average Bonchev–Trinajstić information content (AvgIpc) is 2.28. The van der Waals surface area contributed by atoms with Crippen LogP contribution in [0.15, 0.2) is 0 Å². The first-order chi connectivity index (χ1) is 5.74. The van der Waals surface area contributed by atoms with Crippen molar-refractivity contribution in [2.45, 2.75) is 19.9 Å². The predicted molar refractivity (Wildman–Crippen MR) is 47.0 cm³/mol. The van der Waals surface area contributed by atoms with Gasteiger partial charge in [0, 0.05) is 25.0 Å². The molecule has 0 spiro atoms. The van der Waals surface area contributed by atoms with Crippen molar-refractivity contribution in [3.63, 3.8) is 0 Å². The molecular weight excluding hydrogens is 157 g/mol. The molecule has 0 amide bonds. The second kappa shape index (κ2) is 4.77. The van der Waals surface area contributed by atoms with E-state index in [1.54, 1.807) is 0 Å². The Morgan fingerprint density at radius 1 is 1.58 bits per heavy atom. The van der Waals surface area contributed by atoms with Gasteiger partial charge in [0.05, 0.1) is 19.9 Å². The van der Waals surface area contributed by atoms with Crippen LogP contribution in [0.25, 0.3) is 0 Å². The predicted octanol–water partition coefficient (Wildman–Crippen LogP) is 1.31. The quantitative estimate of drug-likeness (QED) is 0.627. The van der Waals surface area contributed by atoms with Gasteiger partial charge in [0.15, 0.2) is 0 Å². The van der Waals surface area contributed by atoms with Crippen LogP contribution in [0.2, 0.25) is 0 Å². The maximum Gasteiger partial charge on any atom is 0.0956 e. The highest BCUT2D eigenvalue weighted by atomic mass is 19.1. The Morgan fingerprint density at radius 3 is 2.92 bits per heavy atom. The summed E-state index contributed by atoms with van der Waals surface area (Å²) in [5.74, 6) is 0.0786. The summed E-state index contributed by atoms with van der Waals surface area (Å²) < 4.78 is 17.7. The molecule has 0 saturated carbocycles. The lowest BCUT2D eigenvalue weighted by Crippen LogP contribution is -2.36. The fourth-order valence-electron chi connectivity index (χ4n) is 1.47. The third-order valence-electron chi connectivity index (χ3n) is 2.32. The molecule has 0 bridgehead atoms. The minimum atomic E-state index is -0.261. The van der Waals surface area contributed by atoms with Gasteiger partial charge in [-0.15, -0.1) is 0 Å². The number of hydrogen-bond acceptors (Lipinski definition) is 2. The third-order valence-corrected chi connectivity index (χ3v) is 2.32. The molecule has 72 valence electrons. The Morgan fingerprint density at radius 2 is 2.33 bits per heavy atom. The van der Waals surface area contributed by atoms with Crippen molar-refractivity contribution in [2.75, 3.05) is 33.0 Å². The number of hydrogen-bond donors (Lipinski definition) is 0. The Kier molecular flexibility index (Phi) is 3.95. The molecule has 0 aromatic carbocycles.